The van der Waals surface area contributed by atoms with Crippen molar-refractivity contribution < 1.29 is 14.8 Å². The molecule has 7 nitrogen and oxygen atoms in total. The van der Waals surface area contributed by atoms with Gasteiger partial charge in [-0.1, -0.05) is 6.07 Å². The lowest BCUT2D eigenvalue weighted by molar-refractivity contribution is -0.385. The highest BCUT2D eigenvalue weighted by Crippen LogP contribution is 2.44. The molecule has 2 heterocycles. The highest BCUT2D eigenvalue weighted by atomic mass is 16.6. The lowest BCUT2D eigenvalue weighted by atomic mass is 9.77. The van der Waals surface area contributed by atoms with Crippen molar-refractivity contribution in [2.24, 2.45) is 7.05 Å². The standard InChI is InChI=1S/C17H18N2O5/c1-17(2)15(20)14(11-5-4-8-18(3)16(11)21)12-9-10(19(22)23)6-7-13(12)24-17/h4-9,14-15,20H,1-3H3. The molecule has 0 spiro atoms. The molecule has 0 amide bonds. The van der Waals surface area contributed by atoms with Gasteiger partial charge in [-0.3, -0.25) is 14.9 Å². The number of fused-ring (bicyclic) bond motifs is 1. The summed E-state index contributed by atoms with van der Waals surface area (Å²) in [4.78, 5) is 23.1. The Bertz CT molecular complexity index is 872. The SMILES string of the molecule is Cn1cccc(C2c3cc([N+](=O)[O-])ccc3OC(C)(C)C2O)c1=O. The largest absolute Gasteiger partial charge is 0.485 e. The quantitative estimate of drug-likeness (QED) is 0.671. The fourth-order valence-electron chi connectivity index (χ4n) is 3.09. The summed E-state index contributed by atoms with van der Waals surface area (Å²) >= 11 is 0. The van der Waals surface area contributed by atoms with E-state index in [2.05, 4.69) is 0 Å². The molecule has 1 aromatic heterocycles. The van der Waals surface area contributed by atoms with Crippen LogP contribution in [0, 0.1) is 10.1 Å². The maximum atomic E-state index is 12.5. The number of aliphatic hydroxyl groups excluding tert-OH is 1. The predicted octanol–water partition coefficient (Wildman–Crippen LogP) is 1.96. The Morgan fingerprint density at radius 1 is 1.29 bits per heavy atom. The average molecular weight is 330 g/mol. The van der Waals surface area contributed by atoms with E-state index in [0.717, 1.165) is 0 Å². The molecule has 0 radical (unpaired) electrons. The summed E-state index contributed by atoms with van der Waals surface area (Å²) in [7, 11) is 1.62. The van der Waals surface area contributed by atoms with Gasteiger partial charge in [0.25, 0.3) is 11.2 Å². The molecule has 2 unspecified atom stereocenters. The number of aromatic nitrogens is 1. The molecule has 24 heavy (non-hydrogen) atoms. The van der Waals surface area contributed by atoms with Gasteiger partial charge in [0.15, 0.2) is 0 Å². The van der Waals surface area contributed by atoms with E-state index < -0.39 is 22.5 Å². The second-order valence-corrected chi connectivity index (χ2v) is 6.49. The summed E-state index contributed by atoms with van der Waals surface area (Å²) < 4.78 is 7.22. The number of ether oxygens (including phenoxy) is 1. The normalized spacial score (nSPS) is 21.7. The van der Waals surface area contributed by atoms with Crippen LogP contribution < -0.4 is 10.3 Å². The topological polar surface area (TPSA) is 94.6 Å². The predicted molar refractivity (Wildman–Crippen MR) is 87.3 cm³/mol. The van der Waals surface area contributed by atoms with Gasteiger partial charge in [0.05, 0.1) is 4.92 Å². The first-order chi connectivity index (χ1) is 11.2. The zero-order valence-electron chi connectivity index (χ0n) is 13.6. The summed E-state index contributed by atoms with van der Waals surface area (Å²) in [6.45, 7) is 3.45. The third-order valence-corrected chi connectivity index (χ3v) is 4.43. The number of hydrogen-bond acceptors (Lipinski definition) is 5. The maximum absolute atomic E-state index is 12.5. The summed E-state index contributed by atoms with van der Waals surface area (Å²) in [6.07, 6.45) is 0.596. The fourth-order valence-corrected chi connectivity index (χ4v) is 3.09. The minimum Gasteiger partial charge on any atom is -0.485 e. The van der Waals surface area contributed by atoms with Crippen molar-refractivity contribution in [2.45, 2.75) is 31.5 Å². The first-order valence-corrected chi connectivity index (χ1v) is 7.53. The van der Waals surface area contributed by atoms with Crippen LogP contribution in [-0.2, 0) is 7.05 Å². The van der Waals surface area contributed by atoms with Crippen molar-refractivity contribution in [1.82, 2.24) is 4.57 Å². The molecule has 1 aromatic carbocycles. The summed E-state index contributed by atoms with van der Waals surface area (Å²) in [5, 5.41) is 21.9. The minimum atomic E-state index is -1.03. The molecule has 1 aliphatic rings. The highest BCUT2D eigenvalue weighted by Gasteiger charge is 2.45. The molecule has 0 aliphatic carbocycles. The Kier molecular flexibility index (Phi) is 3.68. The molecule has 0 fully saturated rings. The van der Waals surface area contributed by atoms with Crippen molar-refractivity contribution >= 4 is 5.69 Å². The van der Waals surface area contributed by atoms with E-state index in [1.165, 1.54) is 22.8 Å². The molecule has 126 valence electrons. The number of nitro groups is 1. The first-order valence-electron chi connectivity index (χ1n) is 7.53. The Balaban J connectivity index is 2.28. The third kappa shape index (κ3) is 2.46. The van der Waals surface area contributed by atoms with Crippen molar-refractivity contribution in [3.05, 3.63) is 68.1 Å². The summed E-state index contributed by atoms with van der Waals surface area (Å²) in [5.74, 6) is -0.268. The van der Waals surface area contributed by atoms with E-state index in [9.17, 15) is 20.0 Å². The van der Waals surface area contributed by atoms with Gasteiger partial charge in [0.2, 0.25) is 0 Å². The molecule has 1 aliphatic heterocycles. The van der Waals surface area contributed by atoms with Crippen LogP contribution in [0.2, 0.25) is 0 Å². The number of benzene rings is 1. The van der Waals surface area contributed by atoms with Crippen LogP contribution in [0.15, 0.2) is 41.3 Å². The molecule has 0 bridgehead atoms. The van der Waals surface area contributed by atoms with E-state index in [0.29, 0.717) is 16.9 Å². The smallest absolute Gasteiger partial charge is 0.269 e. The number of pyridine rings is 1. The molecule has 2 aromatic rings. The van der Waals surface area contributed by atoms with Crippen molar-refractivity contribution in [3.8, 4) is 5.75 Å². The van der Waals surface area contributed by atoms with E-state index in [4.69, 9.17) is 4.74 Å². The molecule has 1 N–H and O–H groups in total. The Morgan fingerprint density at radius 2 is 2.00 bits per heavy atom. The van der Waals surface area contributed by atoms with E-state index in [-0.39, 0.29) is 11.2 Å². The van der Waals surface area contributed by atoms with Gasteiger partial charge in [-0.05, 0) is 26.0 Å². The molecule has 2 atom stereocenters. The zero-order valence-corrected chi connectivity index (χ0v) is 13.6. The van der Waals surface area contributed by atoms with Crippen LogP contribution >= 0.6 is 0 Å². The Hall–Kier alpha value is -2.67. The van der Waals surface area contributed by atoms with Gasteiger partial charge in [-0.15, -0.1) is 0 Å². The molecular formula is C17H18N2O5. The van der Waals surface area contributed by atoms with E-state index >= 15 is 0 Å². The summed E-state index contributed by atoms with van der Waals surface area (Å²) in [6, 6.07) is 7.59. The number of aryl methyl sites for hydroxylation is 1. The van der Waals surface area contributed by atoms with Crippen LogP contribution in [-0.4, -0.2) is 26.3 Å². The van der Waals surface area contributed by atoms with Crippen LogP contribution in [0.25, 0.3) is 0 Å². The lowest BCUT2D eigenvalue weighted by Crippen LogP contribution is -2.50. The Morgan fingerprint density at radius 3 is 2.67 bits per heavy atom. The van der Waals surface area contributed by atoms with Crippen LogP contribution in [0.3, 0.4) is 0 Å². The van der Waals surface area contributed by atoms with Crippen LogP contribution in [0.4, 0.5) is 5.69 Å². The Labute approximate surface area is 138 Å². The van der Waals surface area contributed by atoms with Gasteiger partial charge in [-0.25, -0.2) is 0 Å². The van der Waals surface area contributed by atoms with Gasteiger partial charge < -0.3 is 14.4 Å². The number of hydrogen-bond donors (Lipinski definition) is 1. The van der Waals surface area contributed by atoms with E-state index in [1.807, 2.05) is 0 Å². The second kappa shape index (κ2) is 5.45. The van der Waals surface area contributed by atoms with Crippen LogP contribution in [0.1, 0.15) is 30.9 Å². The molecule has 0 saturated carbocycles. The number of rotatable bonds is 2. The second-order valence-electron chi connectivity index (χ2n) is 6.49. The summed E-state index contributed by atoms with van der Waals surface area (Å²) in [5.41, 5.74) is -0.474. The number of nitro benzene ring substituents is 1. The number of aliphatic hydroxyl groups is 1. The first kappa shape index (κ1) is 16.2. The van der Waals surface area contributed by atoms with E-state index in [1.54, 1.807) is 39.2 Å². The zero-order chi connectivity index (χ0) is 17.6. The van der Waals surface area contributed by atoms with Crippen molar-refractivity contribution in [1.29, 1.82) is 0 Å². The van der Waals surface area contributed by atoms with Gasteiger partial charge in [0, 0.05) is 42.4 Å². The molecular weight excluding hydrogens is 312 g/mol. The fraction of sp³-hybridized carbons (Fsp3) is 0.353. The average Bonchev–Trinajstić information content (AvgIpc) is 2.51. The highest BCUT2D eigenvalue weighted by molar-refractivity contribution is 5.51. The van der Waals surface area contributed by atoms with Gasteiger partial charge >= 0.3 is 0 Å². The minimum absolute atomic E-state index is 0.109. The molecule has 7 heteroatoms. The van der Waals surface area contributed by atoms with Gasteiger partial charge in [0.1, 0.15) is 17.5 Å². The monoisotopic (exact) mass is 330 g/mol. The lowest BCUT2D eigenvalue weighted by Gasteiger charge is -2.42. The van der Waals surface area contributed by atoms with Crippen molar-refractivity contribution in [3.63, 3.8) is 0 Å². The van der Waals surface area contributed by atoms with Gasteiger partial charge in [-0.2, -0.15) is 0 Å². The third-order valence-electron chi connectivity index (χ3n) is 4.43. The molecule has 3 rings (SSSR count). The molecule has 0 saturated heterocycles. The number of non-ortho nitro benzene ring substituents is 1. The number of nitrogens with zero attached hydrogens (tertiary/aromatic N) is 2. The maximum Gasteiger partial charge on any atom is 0.269 e. The van der Waals surface area contributed by atoms with Crippen LogP contribution in [0.5, 0.6) is 5.75 Å². The van der Waals surface area contributed by atoms with Crippen molar-refractivity contribution in [2.75, 3.05) is 0 Å².